The fraction of sp³-hybridized carbons (Fsp3) is 0.241. The molecule has 42 heavy (non-hydrogen) atoms. The molecule has 5 rings (SSSR count). The number of halogens is 2. The second kappa shape index (κ2) is 13.6. The standard InChI is InChI=1S/C29H25Cl2N3O5S3/c30-19-3-6-22(31)23(13-19)41-16-24(36)32-25-27(37)34-26(29(38)39)18(15-42-28(25)34)14-40-21-8-11-33(12-9-21)10-7-17-1-4-20(35)5-2-17/h1-6,8-9,11-13,25,28H,7,10,14-16H2,(H2-,32,35,36,38,39)/p+1/t25-,28-/m1/s1. The van der Waals surface area contributed by atoms with Crippen LogP contribution in [0.2, 0.25) is 10.0 Å². The fourth-order valence-corrected chi connectivity index (χ4v) is 8.19. The molecule has 218 valence electrons. The Bertz CT molecular complexity index is 1540. The van der Waals surface area contributed by atoms with Crippen LogP contribution in [0.1, 0.15) is 5.56 Å². The van der Waals surface area contributed by atoms with Crippen LogP contribution in [0.15, 0.2) is 88.1 Å². The third kappa shape index (κ3) is 7.20. The number of phenols is 1. The smallest absolute Gasteiger partial charge is 0.352 e. The molecule has 3 aromatic rings. The molecular formula is C29H26Cl2N3O5S3+. The van der Waals surface area contributed by atoms with Gasteiger partial charge in [-0.3, -0.25) is 14.5 Å². The Labute approximate surface area is 265 Å². The summed E-state index contributed by atoms with van der Waals surface area (Å²) in [5, 5.41) is 22.7. The number of pyridine rings is 1. The molecule has 1 fully saturated rings. The van der Waals surface area contributed by atoms with Gasteiger partial charge in [0.15, 0.2) is 18.9 Å². The molecular weight excluding hydrogens is 637 g/mol. The molecule has 2 atom stereocenters. The Kier molecular flexibility index (Phi) is 9.95. The average Bonchev–Trinajstić information content (AvgIpc) is 2.98. The summed E-state index contributed by atoms with van der Waals surface area (Å²) in [5.74, 6) is -0.767. The van der Waals surface area contributed by atoms with Crippen molar-refractivity contribution in [1.82, 2.24) is 10.2 Å². The molecule has 0 spiro atoms. The number of aromatic hydroxyl groups is 1. The molecule has 0 radical (unpaired) electrons. The molecule has 0 saturated carbocycles. The molecule has 3 N–H and O–H groups in total. The summed E-state index contributed by atoms with van der Waals surface area (Å²) < 4.78 is 2.06. The number of hydrogen-bond acceptors (Lipinski definition) is 7. The van der Waals surface area contributed by atoms with Crippen molar-refractivity contribution in [2.75, 3.05) is 17.3 Å². The minimum atomic E-state index is -1.15. The highest BCUT2D eigenvalue weighted by molar-refractivity contribution is 8.01. The number of phenolic OH excluding ortho intramolecular Hbond substituents is 1. The number of rotatable bonds is 11. The number of carboxylic acid groups (broad SMARTS) is 1. The van der Waals surface area contributed by atoms with E-state index in [1.54, 1.807) is 30.3 Å². The summed E-state index contributed by atoms with van der Waals surface area (Å²) in [6, 6.07) is 15.3. The molecule has 13 heteroatoms. The van der Waals surface area contributed by atoms with Crippen LogP contribution in [0.5, 0.6) is 5.75 Å². The number of amides is 2. The van der Waals surface area contributed by atoms with Crippen molar-refractivity contribution in [3.05, 3.63) is 93.9 Å². The van der Waals surface area contributed by atoms with Crippen molar-refractivity contribution < 1.29 is 29.2 Å². The van der Waals surface area contributed by atoms with Gasteiger partial charge in [0, 0.05) is 44.9 Å². The van der Waals surface area contributed by atoms with Gasteiger partial charge in [0.25, 0.3) is 5.91 Å². The Balaban J connectivity index is 1.15. The fourth-order valence-electron chi connectivity index (χ4n) is 4.52. The van der Waals surface area contributed by atoms with Crippen molar-refractivity contribution in [2.45, 2.75) is 34.2 Å². The first kappa shape index (κ1) is 30.6. The molecule has 0 unspecified atom stereocenters. The second-order valence-electron chi connectivity index (χ2n) is 9.55. The molecule has 1 aromatic heterocycles. The van der Waals surface area contributed by atoms with Crippen LogP contribution in [0.4, 0.5) is 0 Å². The van der Waals surface area contributed by atoms with E-state index in [4.69, 9.17) is 23.2 Å². The molecule has 0 aliphatic carbocycles. The van der Waals surface area contributed by atoms with Gasteiger partial charge in [-0.1, -0.05) is 35.3 Å². The number of thioether (sulfide) groups is 3. The average molecular weight is 664 g/mol. The van der Waals surface area contributed by atoms with Gasteiger partial charge in [0.1, 0.15) is 22.9 Å². The number of β-lactam (4-membered cyclic amide) rings is 1. The van der Waals surface area contributed by atoms with Crippen molar-refractivity contribution in [1.29, 1.82) is 0 Å². The van der Waals surface area contributed by atoms with Crippen LogP contribution in [0.25, 0.3) is 0 Å². The molecule has 2 amide bonds. The normalized spacial score (nSPS) is 18.0. The monoisotopic (exact) mass is 662 g/mol. The van der Waals surface area contributed by atoms with E-state index in [-0.39, 0.29) is 23.1 Å². The minimum absolute atomic E-state index is 0.00160. The third-order valence-corrected chi connectivity index (χ3v) is 10.9. The lowest BCUT2D eigenvalue weighted by Gasteiger charge is -2.49. The number of aromatic nitrogens is 1. The highest BCUT2D eigenvalue weighted by atomic mass is 35.5. The largest absolute Gasteiger partial charge is 0.508 e. The van der Waals surface area contributed by atoms with E-state index in [9.17, 15) is 24.6 Å². The van der Waals surface area contributed by atoms with Crippen molar-refractivity contribution in [3.8, 4) is 5.75 Å². The third-order valence-electron chi connectivity index (χ3n) is 6.69. The maximum absolute atomic E-state index is 13.0. The highest BCUT2D eigenvalue weighted by Crippen LogP contribution is 2.41. The Morgan fingerprint density at radius 2 is 1.81 bits per heavy atom. The topological polar surface area (TPSA) is 111 Å². The lowest BCUT2D eigenvalue weighted by Crippen LogP contribution is -2.70. The van der Waals surface area contributed by atoms with E-state index in [1.807, 2.05) is 36.7 Å². The number of nitrogens with one attached hydrogen (secondary N) is 1. The predicted molar refractivity (Wildman–Crippen MR) is 166 cm³/mol. The van der Waals surface area contributed by atoms with Gasteiger partial charge in [-0.2, -0.15) is 0 Å². The Hall–Kier alpha value is -2.83. The zero-order chi connectivity index (χ0) is 29.8. The number of fused-ring (bicyclic) bond motifs is 1. The van der Waals surface area contributed by atoms with Crippen LogP contribution in [0, 0.1) is 0 Å². The van der Waals surface area contributed by atoms with Crippen LogP contribution in [-0.4, -0.2) is 61.6 Å². The molecule has 2 aliphatic heterocycles. The van der Waals surface area contributed by atoms with E-state index in [0.717, 1.165) is 23.4 Å². The van der Waals surface area contributed by atoms with Crippen LogP contribution in [-0.2, 0) is 27.3 Å². The van der Waals surface area contributed by atoms with E-state index < -0.39 is 23.3 Å². The van der Waals surface area contributed by atoms with Gasteiger partial charge in [-0.25, -0.2) is 9.36 Å². The zero-order valence-corrected chi connectivity index (χ0v) is 26.0. The second-order valence-corrected chi connectivity index (χ2v) is 13.6. The van der Waals surface area contributed by atoms with Gasteiger partial charge in [-0.15, -0.1) is 35.3 Å². The van der Waals surface area contributed by atoms with Crippen molar-refractivity contribution >= 4 is 76.3 Å². The Morgan fingerprint density at radius 3 is 2.52 bits per heavy atom. The summed E-state index contributed by atoms with van der Waals surface area (Å²) in [7, 11) is 0. The van der Waals surface area contributed by atoms with Crippen LogP contribution < -0.4 is 9.88 Å². The summed E-state index contributed by atoms with van der Waals surface area (Å²) >= 11 is 16.3. The van der Waals surface area contributed by atoms with Gasteiger partial charge in [-0.05, 0) is 41.5 Å². The van der Waals surface area contributed by atoms with Crippen molar-refractivity contribution in [3.63, 3.8) is 0 Å². The number of hydrogen-bond donors (Lipinski definition) is 3. The lowest BCUT2D eigenvalue weighted by molar-refractivity contribution is -0.696. The van der Waals surface area contributed by atoms with E-state index in [2.05, 4.69) is 9.88 Å². The van der Waals surface area contributed by atoms with Gasteiger partial charge in [0.05, 0.1) is 10.8 Å². The maximum Gasteiger partial charge on any atom is 0.352 e. The quantitative estimate of drug-likeness (QED) is 0.152. The first-order valence-electron chi connectivity index (χ1n) is 12.9. The summed E-state index contributed by atoms with van der Waals surface area (Å²) in [6.45, 7) is 0.782. The SMILES string of the molecule is O=C(CSc1cc(Cl)ccc1Cl)N[C@@H]1C(=O)N2C(C(=O)O)=C(CSc3cc[n+](CCc4ccc(O)cc4)cc3)CS[C@H]12. The van der Waals surface area contributed by atoms with Crippen LogP contribution >= 0.6 is 58.5 Å². The highest BCUT2D eigenvalue weighted by Gasteiger charge is 2.54. The van der Waals surface area contributed by atoms with Crippen molar-refractivity contribution in [2.24, 2.45) is 0 Å². The number of carbonyl (C=O) groups is 3. The molecule has 1 saturated heterocycles. The van der Waals surface area contributed by atoms with E-state index >= 15 is 0 Å². The number of carbonyl (C=O) groups excluding carboxylic acids is 2. The Morgan fingerprint density at radius 1 is 1.07 bits per heavy atom. The number of carboxylic acids is 1. The molecule has 2 aromatic carbocycles. The first-order valence-corrected chi connectivity index (χ1v) is 16.6. The van der Waals surface area contributed by atoms with Gasteiger partial charge >= 0.3 is 5.97 Å². The molecule has 0 bridgehead atoms. The molecule has 8 nitrogen and oxygen atoms in total. The van der Waals surface area contributed by atoms with E-state index in [1.165, 1.54) is 40.2 Å². The maximum atomic E-state index is 13.0. The number of nitrogens with zero attached hydrogens (tertiary/aromatic N) is 2. The zero-order valence-electron chi connectivity index (χ0n) is 22.0. The minimum Gasteiger partial charge on any atom is -0.508 e. The lowest BCUT2D eigenvalue weighted by atomic mass is 10.0. The van der Waals surface area contributed by atoms with E-state index in [0.29, 0.717) is 32.0 Å². The van der Waals surface area contributed by atoms with Gasteiger partial charge in [0.2, 0.25) is 5.91 Å². The number of aryl methyl sites for hydroxylation is 2. The summed E-state index contributed by atoms with van der Waals surface area (Å²) in [6.07, 6.45) is 4.78. The first-order chi connectivity index (χ1) is 20.2. The predicted octanol–water partition coefficient (Wildman–Crippen LogP) is 4.85. The summed E-state index contributed by atoms with van der Waals surface area (Å²) in [5.41, 5.74) is 1.80. The van der Waals surface area contributed by atoms with Gasteiger partial charge < -0.3 is 15.5 Å². The summed E-state index contributed by atoms with van der Waals surface area (Å²) in [4.78, 5) is 40.7. The number of aliphatic carboxylic acids is 1. The van der Waals surface area contributed by atoms with Crippen LogP contribution in [0.3, 0.4) is 0 Å². The molecule has 3 heterocycles. The molecule has 2 aliphatic rings. The number of benzene rings is 2.